The molecule has 122 valence electrons. The highest BCUT2D eigenvalue weighted by Crippen LogP contribution is 2.48. The monoisotopic (exact) mass is 303 g/mol. The van der Waals surface area contributed by atoms with Crippen molar-refractivity contribution in [3.8, 4) is 0 Å². The van der Waals surface area contributed by atoms with Gasteiger partial charge in [0.1, 0.15) is 0 Å². The Morgan fingerprint density at radius 2 is 1.95 bits per heavy atom. The lowest BCUT2D eigenvalue weighted by atomic mass is 9.71. The van der Waals surface area contributed by atoms with E-state index in [2.05, 4.69) is 19.9 Å². The van der Waals surface area contributed by atoms with Gasteiger partial charge in [0.15, 0.2) is 0 Å². The van der Waals surface area contributed by atoms with Gasteiger partial charge in [-0.3, -0.25) is 4.79 Å². The molecule has 2 fully saturated rings. The first-order valence-corrected chi connectivity index (χ1v) is 8.83. The number of carbonyl (C=O) groups excluding carboxylic acids is 1. The maximum Gasteiger partial charge on any atom is 0.249 e. The molecule has 1 heterocycles. The second kappa shape index (κ2) is 6.57. The predicted octanol–water partition coefficient (Wildman–Crippen LogP) is 3.56. The van der Waals surface area contributed by atoms with E-state index in [1.807, 2.05) is 11.8 Å². The fraction of sp³-hybridized carbons (Fsp3) is 0.737. The van der Waals surface area contributed by atoms with Crippen LogP contribution in [0.15, 0.2) is 22.8 Å². The lowest BCUT2D eigenvalue weighted by Gasteiger charge is -2.34. The molecule has 1 saturated heterocycles. The zero-order chi connectivity index (χ0) is 15.7. The van der Waals surface area contributed by atoms with Crippen molar-refractivity contribution in [3.05, 3.63) is 22.8 Å². The van der Waals surface area contributed by atoms with E-state index in [0.29, 0.717) is 19.1 Å². The van der Waals surface area contributed by atoms with Gasteiger partial charge >= 0.3 is 0 Å². The molecule has 0 unspecified atom stereocenters. The van der Waals surface area contributed by atoms with E-state index in [1.54, 1.807) is 11.1 Å². The third kappa shape index (κ3) is 3.01. The molecule has 3 heteroatoms. The highest BCUT2D eigenvalue weighted by molar-refractivity contribution is 5.93. The molecule has 2 aliphatic carbocycles. The summed E-state index contributed by atoms with van der Waals surface area (Å²) in [6, 6.07) is 0. The third-order valence-electron chi connectivity index (χ3n) is 5.83. The zero-order valence-corrected chi connectivity index (χ0v) is 14.2. The third-order valence-corrected chi connectivity index (χ3v) is 5.83. The largest absolute Gasteiger partial charge is 0.378 e. The van der Waals surface area contributed by atoms with Crippen LogP contribution in [-0.4, -0.2) is 37.1 Å². The van der Waals surface area contributed by atoms with Gasteiger partial charge in [-0.15, -0.1) is 0 Å². The highest BCUT2D eigenvalue weighted by Gasteiger charge is 2.36. The molecule has 0 radical (unpaired) electrons. The standard InChI is InChI=1S/C19H29NO2/c1-13-4-6-16(18-14(2)5-7-17(13)18)12-15(3)19(21)20-8-10-22-11-9-20/h12-13,16-17H,4-11H2,1-3H3/b15-12+/t13-,16+,17-/m1/s1. The van der Waals surface area contributed by atoms with E-state index >= 15 is 0 Å². The van der Waals surface area contributed by atoms with E-state index in [0.717, 1.165) is 30.5 Å². The van der Waals surface area contributed by atoms with Crippen LogP contribution >= 0.6 is 0 Å². The molecule has 0 N–H and O–H groups in total. The first kappa shape index (κ1) is 15.8. The summed E-state index contributed by atoms with van der Waals surface area (Å²) in [5, 5.41) is 0. The molecular formula is C19H29NO2. The molecule has 1 aliphatic heterocycles. The Bertz CT molecular complexity index is 500. The van der Waals surface area contributed by atoms with Crippen LogP contribution in [0.4, 0.5) is 0 Å². The number of rotatable bonds is 2. The highest BCUT2D eigenvalue weighted by atomic mass is 16.5. The Hall–Kier alpha value is -1.09. The van der Waals surface area contributed by atoms with Gasteiger partial charge in [-0.2, -0.15) is 0 Å². The van der Waals surface area contributed by atoms with Crippen LogP contribution in [0.2, 0.25) is 0 Å². The van der Waals surface area contributed by atoms with Gasteiger partial charge in [0.05, 0.1) is 13.2 Å². The molecule has 0 bridgehead atoms. The minimum absolute atomic E-state index is 0.203. The van der Waals surface area contributed by atoms with Crippen molar-refractivity contribution in [1.29, 1.82) is 0 Å². The minimum atomic E-state index is 0.203. The van der Waals surface area contributed by atoms with E-state index in [-0.39, 0.29) is 5.91 Å². The summed E-state index contributed by atoms with van der Waals surface area (Å²) >= 11 is 0. The van der Waals surface area contributed by atoms with Crippen molar-refractivity contribution in [2.24, 2.45) is 17.8 Å². The normalized spacial score (nSPS) is 33.1. The Kier molecular flexibility index (Phi) is 4.72. The van der Waals surface area contributed by atoms with Gasteiger partial charge in [0, 0.05) is 18.7 Å². The van der Waals surface area contributed by atoms with Crippen LogP contribution in [0.25, 0.3) is 0 Å². The predicted molar refractivity (Wildman–Crippen MR) is 88.5 cm³/mol. The molecule has 3 atom stereocenters. The average molecular weight is 303 g/mol. The number of carbonyl (C=O) groups is 1. The van der Waals surface area contributed by atoms with Crippen molar-refractivity contribution in [3.63, 3.8) is 0 Å². The van der Waals surface area contributed by atoms with Crippen LogP contribution in [-0.2, 0) is 9.53 Å². The van der Waals surface area contributed by atoms with Crippen molar-refractivity contribution in [2.75, 3.05) is 26.3 Å². The number of nitrogens with zero attached hydrogens (tertiary/aromatic N) is 1. The Balaban J connectivity index is 1.75. The molecule has 0 spiro atoms. The molecule has 0 aromatic rings. The van der Waals surface area contributed by atoms with Crippen molar-refractivity contribution in [1.82, 2.24) is 4.90 Å². The Morgan fingerprint density at radius 3 is 2.68 bits per heavy atom. The van der Waals surface area contributed by atoms with Crippen LogP contribution in [0.3, 0.4) is 0 Å². The van der Waals surface area contributed by atoms with E-state index in [4.69, 9.17) is 4.74 Å². The molecule has 1 saturated carbocycles. The topological polar surface area (TPSA) is 29.5 Å². The number of hydrogen-bond donors (Lipinski definition) is 0. The fourth-order valence-corrected chi connectivity index (χ4v) is 4.53. The average Bonchev–Trinajstić information content (AvgIpc) is 2.93. The Labute approximate surface area is 134 Å². The SMILES string of the molecule is CC1=C2[C@H](/C=C(\C)C(=O)N3CCOCC3)CC[C@@H](C)[C@H]2CC1. The molecular weight excluding hydrogens is 274 g/mol. The lowest BCUT2D eigenvalue weighted by molar-refractivity contribution is -0.131. The van der Waals surface area contributed by atoms with Crippen molar-refractivity contribution >= 4 is 5.91 Å². The number of amides is 1. The summed E-state index contributed by atoms with van der Waals surface area (Å²) in [5.74, 6) is 2.28. The summed E-state index contributed by atoms with van der Waals surface area (Å²) < 4.78 is 5.34. The summed E-state index contributed by atoms with van der Waals surface area (Å²) in [6.07, 6.45) is 7.34. The van der Waals surface area contributed by atoms with E-state index in [1.165, 1.54) is 25.7 Å². The molecule has 3 aliphatic rings. The molecule has 0 aromatic carbocycles. The number of hydrogen-bond acceptors (Lipinski definition) is 2. The maximum atomic E-state index is 12.6. The molecule has 22 heavy (non-hydrogen) atoms. The lowest BCUT2D eigenvalue weighted by Crippen LogP contribution is -2.41. The Morgan fingerprint density at radius 1 is 1.23 bits per heavy atom. The van der Waals surface area contributed by atoms with Crippen molar-refractivity contribution in [2.45, 2.75) is 46.5 Å². The second-order valence-electron chi connectivity index (χ2n) is 7.30. The van der Waals surface area contributed by atoms with Gasteiger partial charge in [0.25, 0.3) is 0 Å². The maximum absolute atomic E-state index is 12.6. The van der Waals surface area contributed by atoms with Gasteiger partial charge < -0.3 is 9.64 Å². The van der Waals surface area contributed by atoms with Gasteiger partial charge in [-0.05, 0) is 57.3 Å². The summed E-state index contributed by atoms with van der Waals surface area (Å²) in [4.78, 5) is 14.5. The van der Waals surface area contributed by atoms with Crippen LogP contribution in [0, 0.1) is 17.8 Å². The van der Waals surface area contributed by atoms with Gasteiger partial charge in [-0.25, -0.2) is 0 Å². The van der Waals surface area contributed by atoms with Gasteiger partial charge in [0.2, 0.25) is 5.91 Å². The molecule has 1 amide bonds. The smallest absolute Gasteiger partial charge is 0.249 e. The summed E-state index contributed by atoms with van der Waals surface area (Å²) in [6.45, 7) is 9.50. The number of morpholine rings is 1. The van der Waals surface area contributed by atoms with Crippen LogP contribution in [0.5, 0.6) is 0 Å². The van der Waals surface area contributed by atoms with E-state index in [9.17, 15) is 4.79 Å². The first-order chi connectivity index (χ1) is 10.6. The second-order valence-corrected chi connectivity index (χ2v) is 7.30. The quantitative estimate of drug-likeness (QED) is 0.576. The van der Waals surface area contributed by atoms with Crippen molar-refractivity contribution < 1.29 is 9.53 Å². The molecule has 3 nitrogen and oxygen atoms in total. The fourth-order valence-electron chi connectivity index (χ4n) is 4.53. The number of ether oxygens (including phenoxy) is 1. The number of fused-ring (bicyclic) bond motifs is 1. The number of allylic oxidation sites excluding steroid dienone is 3. The zero-order valence-electron chi connectivity index (χ0n) is 14.2. The minimum Gasteiger partial charge on any atom is -0.378 e. The van der Waals surface area contributed by atoms with E-state index < -0.39 is 0 Å². The van der Waals surface area contributed by atoms with Gasteiger partial charge in [-0.1, -0.05) is 24.1 Å². The molecule has 0 aromatic heterocycles. The summed E-state index contributed by atoms with van der Waals surface area (Å²) in [5.41, 5.74) is 4.17. The summed E-state index contributed by atoms with van der Waals surface area (Å²) in [7, 11) is 0. The van der Waals surface area contributed by atoms with Crippen LogP contribution < -0.4 is 0 Å². The molecule has 3 rings (SSSR count). The van der Waals surface area contributed by atoms with Crippen LogP contribution in [0.1, 0.15) is 46.5 Å². The first-order valence-electron chi connectivity index (χ1n) is 8.83.